The number of hydrogen-bond donors (Lipinski definition) is 3. The van der Waals surface area contributed by atoms with Crippen LogP contribution in [0.5, 0.6) is 0 Å². The number of ether oxygens (including phenoxy) is 1. The van der Waals surface area contributed by atoms with Crippen molar-refractivity contribution in [2.24, 2.45) is 5.92 Å². The lowest BCUT2D eigenvalue weighted by Gasteiger charge is -2.43. The van der Waals surface area contributed by atoms with Gasteiger partial charge in [-0.1, -0.05) is 25.7 Å². The first kappa shape index (κ1) is 24.0. The fourth-order valence-corrected chi connectivity index (χ4v) is 7.74. The van der Waals surface area contributed by atoms with E-state index in [4.69, 9.17) is 4.74 Å². The summed E-state index contributed by atoms with van der Waals surface area (Å²) in [6.07, 6.45) is 20.3. The van der Waals surface area contributed by atoms with Gasteiger partial charge in [0.15, 0.2) is 0 Å². The summed E-state index contributed by atoms with van der Waals surface area (Å²) in [6, 6.07) is 2.01. The highest BCUT2D eigenvalue weighted by Crippen LogP contribution is 2.37. The molecule has 6 nitrogen and oxygen atoms in total. The Morgan fingerprint density at radius 1 is 0.818 bits per heavy atom. The first-order chi connectivity index (χ1) is 16.2. The van der Waals surface area contributed by atoms with E-state index < -0.39 is 0 Å². The number of hydrogen-bond acceptors (Lipinski definition) is 5. The van der Waals surface area contributed by atoms with Crippen molar-refractivity contribution in [1.29, 1.82) is 0 Å². The summed E-state index contributed by atoms with van der Waals surface area (Å²) < 4.78 is 6.54. The first-order valence-corrected chi connectivity index (χ1v) is 14.3. The smallest absolute Gasteiger partial charge is 0.219 e. The Bertz CT molecular complexity index is 640. The van der Waals surface area contributed by atoms with Crippen molar-refractivity contribution in [3.63, 3.8) is 0 Å². The Morgan fingerprint density at radius 3 is 2.45 bits per heavy atom. The lowest BCUT2D eigenvalue weighted by Crippen LogP contribution is -2.60. The average Bonchev–Trinajstić information content (AvgIpc) is 3.26. The highest BCUT2D eigenvalue weighted by molar-refractivity contribution is 5.74. The molecule has 2 saturated heterocycles. The Labute approximate surface area is 201 Å². The standard InChI is InChI=1S/C27H48N4O2/c1-19(32)31-16-14-20-7-5-12-25(27(20)31)29-22-13-15-28-26(18-22)30-21-8-6-11-24(17-21)33-23-9-3-2-4-10-23/h20-30H,2-18H2,1H3. The van der Waals surface area contributed by atoms with Gasteiger partial charge in [-0.15, -0.1) is 0 Å². The van der Waals surface area contributed by atoms with Crippen molar-refractivity contribution in [2.45, 2.75) is 146 Å². The van der Waals surface area contributed by atoms with Crippen molar-refractivity contribution in [2.75, 3.05) is 13.1 Å². The van der Waals surface area contributed by atoms with E-state index in [0.29, 0.717) is 48.5 Å². The molecule has 0 aromatic carbocycles. The fraction of sp³-hybridized carbons (Fsp3) is 0.963. The molecule has 7 atom stereocenters. The van der Waals surface area contributed by atoms with Crippen molar-refractivity contribution < 1.29 is 9.53 Å². The van der Waals surface area contributed by atoms with Gasteiger partial charge in [-0.3, -0.25) is 10.1 Å². The number of rotatable bonds is 6. The molecule has 1 amide bonds. The van der Waals surface area contributed by atoms with Crippen LogP contribution in [0.15, 0.2) is 0 Å². The van der Waals surface area contributed by atoms with Crippen LogP contribution in [-0.2, 0) is 9.53 Å². The van der Waals surface area contributed by atoms with Crippen LogP contribution in [0.3, 0.4) is 0 Å². The van der Waals surface area contributed by atoms with E-state index in [0.717, 1.165) is 19.5 Å². The van der Waals surface area contributed by atoms with Crippen LogP contribution in [0.1, 0.15) is 103 Å². The molecule has 5 rings (SSSR count). The Morgan fingerprint density at radius 2 is 1.61 bits per heavy atom. The predicted octanol–water partition coefficient (Wildman–Crippen LogP) is 3.69. The number of carbonyl (C=O) groups is 1. The molecule has 7 unspecified atom stereocenters. The maximum Gasteiger partial charge on any atom is 0.219 e. The van der Waals surface area contributed by atoms with Gasteiger partial charge in [0.05, 0.1) is 18.4 Å². The summed E-state index contributed by atoms with van der Waals surface area (Å²) in [5, 5.41) is 11.8. The van der Waals surface area contributed by atoms with Gasteiger partial charge < -0.3 is 20.3 Å². The molecule has 0 radical (unpaired) electrons. The topological polar surface area (TPSA) is 65.6 Å². The van der Waals surface area contributed by atoms with Crippen LogP contribution in [0.2, 0.25) is 0 Å². The van der Waals surface area contributed by atoms with Crippen molar-refractivity contribution in [3.8, 4) is 0 Å². The molecule has 0 spiro atoms. The highest BCUT2D eigenvalue weighted by Gasteiger charge is 2.43. The van der Waals surface area contributed by atoms with Crippen LogP contribution in [-0.4, -0.2) is 66.4 Å². The fourth-order valence-electron chi connectivity index (χ4n) is 7.74. The van der Waals surface area contributed by atoms with Crippen LogP contribution >= 0.6 is 0 Å². The van der Waals surface area contributed by atoms with Crippen molar-refractivity contribution in [3.05, 3.63) is 0 Å². The van der Waals surface area contributed by atoms with E-state index in [9.17, 15) is 4.79 Å². The number of fused-ring (bicyclic) bond motifs is 1. The molecule has 3 saturated carbocycles. The van der Waals surface area contributed by atoms with Gasteiger partial charge in [-0.05, 0) is 83.1 Å². The van der Waals surface area contributed by atoms with Gasteiger partial charge in [-0.2, -0.15) is 0 Å². The summed E-state index contributed by atoms with van der Waals surface area (Å²) in [6.45, 7) is 3.79. The monoisotopic (exact) mass is 460 g/mol. The predicted molar refractivity (Wildman–Crippen MR) is 132 cm³/mol. The van der Waals surface area contributed by atoms with Gasteiger partial charge in [0.2, 0.25) is 5.91 Å². The zero-order chi connectivity index (χ0) is 22.6. The van der Waals surface area contributed by atoms with E-state index in [1.165, 1.54) is 89.9 Å². The molecule has 5 fully saturated rings. The maximum absolute atomic E-state index is 12.2. The molecule has 0 bridgehead atoms. The zero-order valence-electron chi connectivity index (χ0n) is 20.9. The van der Waals surface area contributed by atoms with Crippen LogP contribution in [0.4, 0.5) is 0 Å². The molecule has 2 aliphatic heterocycles. The van der Waals surface area contributed by atoms with Crippen molar-refractivity contribution in [1.82, 2.24) is 20.9 Å². The Balaban J connectivity index is 1.10. The number of piperidine rings is 1. The number of nitrogens with zero attached hydrogens (tertiary/aromatic N) is 1. The molecule has 6 heteroatoms. The second kappa shape index (κ2) is 11.4. The highest BCUT2D eigenvalue weighted by atomic mass is 16.5. The second-order valence-electron chi connectivity index (χ2n) is 11.7. The third-order valence-corrected chi connectivity index (χ3v) is 9.34. The molecular weight excluding hydrogens is 412 g/mol. The third-order valence-electron chi connectivity index (χ3n) is 9.34. The van der Waals surface area contributed by atoms with Crippen LogP contribution in [0, 0.1) is 5.92 Å². The number of likely N-dealkylation sites (tertiary alicyclic amines) is 1. The molecule has 0 aromatic heterocycles. The average molecular weight is 461 g/mol. The van der Waals surface area contributed by atoms with E-state index in [2.05, 4.69) is 20.9 Å². The summed E-state index contributed by atoms with van der Waals surface area (Å²) >= 11 is 0. The van der Waals surface area contributed by atoms with E-state index in [-0.39, 0.29) is 5.91 Å². The summed E-state index contributed by atoms with van der Waals surface area (Å²) in [5.74, 6) is 0.975. The van der Waals surface area contributed by atoms with Gasteiger partial charge in [0, 0.05) is 37.6 Å². The minimum atomic E-state index is 0.267. The summed E-state index contributed by atoms with van der Waals surface area (Å²) in [4.78, 5) is 14.4. The normalized spacial score (nSPS) is 40.5. The second-order valence-corrected chi connectivity index (χ2v) is 11.7. The van der Waals surface area contributed by atoms with Crippen molar-refractivity contribution >= 4 is 5.91 Å². The molecule has 0 aromatic rings. The first-order valence-electron chi connectivity index (χ1n) is 14.3. The lowest BCUT2D eigenvalue weighted by molar-refractivity contribution is -0.131. The quantitative estimate of drug-likeness (QED) is 0.564. The third kappa shape index (κ3) is 6.12. The zero-order valence-corrected chi connectivity index (χ0v) is 20.9. The van der Waals surface area contributed by atoms with Crippen LogP contribution < -0.4 is 16.0 Å². The molecule has 5 aliphatic rings. The van der Waals surface area contributed by atoms with Gasteiger partial charge in [0.25, 0.3) is 0 Å². The van der Waals surface area contributed by atoms with E-state index in [1.54, 1.807) is 6.92 Å². The van der Waals surface area contributed by atoms with E-state index >= 15 is 0 Å². The lowest BCUT2D eigenvalue weighted by atomic mass is 9.80. The molecule has 33 heavy (non-hydrogen) atoms. The Hall–Kier alpha value is -0.690. The number of nitrogens with one attached hydrogen (secondary N) is 3. The number of amides is 1. The molecule has 3 N–H and O–H groups in total. The Kier molecular flexibility index (Phi) is 8.27. The molecule has 2 heterocycles. The minimum absolute atomic E-state index is 0.267. The molecular formula is C27H48N4O2. The maximum atomic E-state index is 12.2. The van der Waals surface area contributed by atoms with Gasteiger partial charge >= 0.3 is 0 Å². The number of carbonyl (C=O) groups excluding carboxylic acids is 1. The summed E-state index contributed by atoms with van der Waals surface area (Å²) in [5.41, 5.74) is 0. The van der Waals surface area contributed by atoms with Gasteiger partial charge in [-0.25, -0.2) is 0 Å². The van der Waals surface area contributed by atoms with Crippen LogP contribution in [0.25, 0.3) is 0 Å². The largest absolute Gasteiger partial charge is 0.375 e. The minimum Gasteiger partial charge on any atom is -0.375 e. The van der Waals surface area contributed by atoms with Gasteiger partial charge in [0.1, 0.15) is 0 Å². The van der Waals surface area contributed by atoms with E-state index in [1.807, 2.05) is 0 Å². The summed E-state index contributed by atoms with van der Waals surface area (Å²) in [7, 11) is 0. The SMILES string of the molecule is CC(=O)N1CCC2CCCC(NC3CCNC(NC4CCCC(OC5CCCCC5)C4)C3)C21. The molecule has 188 valence electrons. The molecule has 3 aliphatic carbocycles.